The van der Waals surface area contributed by atoms with Crippen LogP contribution in [0, 0.1) is 26.7 Å². The highest BCUT2D eigenvalue weighted by Crippen LogP contribution is 2.54. The summed E-state index contributed by atoms with van der Waals surface area (Å²) in [6.45, 7) is 25.5. The van der Waals surface area contributed by atoms with Crippen LogP contribution in [0.25, 0.3) is 216 Å². The third kappa shape index (κ3) is 11.8. The number of nitrogens with zero attached hydrogens (tertiary/aromatic N) is 5. The van der Waals surface area contributed by atoms with Crippen LogP contribution in [0.4, 0.5) is 0 Å². The minimum atomic E-state index is -0.142. The molecule has 141 heavy (non-hydrogen) atoms. The van der Waals surface area contributed by atoms with Gasteiger partial charge in [0.1, 0.15) is 0 Å². The quantitative estimate of drug-likeness (QED) is 0.115. The fraction of sp³-hybridized carbons (Fsp3) is 0.134. The Balaban J connectivity index is 0.599. The maximum Gasteiger partial charge on any atom is 0.253 e. The van der Waals surface area contributed by atoms with Crippen LogP contribution in [-0.2, 0) is 23.7 Å². The van der Waals surface area contributed by atoms with Gasteiger partial charge in [0.05, 0.1) is 50.2 Å². The molecular weight excluding hydrogens is 1700 g/mol. The summed E-state index contributed by atoms with van der Waals surface area (Å²) in [7, 11) is 0. The van der Waals surface area contributed by atoms with Gasteiger partial charge in [-0.1, -0.05) is 332 Å². The van der Waals surface area contributed by atoms with Crippen LogP contribution in [-0.4, -0.2) is 36.3 Å². The molecule has 0 radical (unpaired) electrons. The molecule has 0 saturated carbocycles. The summed E-state index contributed by atoms with van der Waals surface area (Å²) in [5.41, 5.74) is 56.2. The highest BCUT2D eigenvalue weighted by atomic mass is 15.1. The van der Waals surface area contributed by atoms with E-state index in [0.717, 1.165) is 25.7 Å². The summed E-state index contributed by atoms with van der Waals surface area (Å²) >= 11 is 0. The zero-order valence-corrected chi connectivity index (χ0v) is 81.5. The number of allylic oxidation sites excluding steroid dienone is 5. The Bertz CT molecular complexity index is 9490. The van der Waals surface area contributed by atoms with Crippen LogP contribution in [0.5, 0.6) is 0 Å². The van der Waals surface area contributed by atoms with E-state index in [4.69, 9.17) is 0 Å². The Labute approximate surface area is 823 Å². The summed E-state index contributed by atoms with van der Waals surface area (Å²) in [5.74, 6) is 0.265. The van der Waals surface area contributed by atoms with Crippen molar-refractivity contribution in [1.29, 1.82) is 0 Å². The maximum atomic E-state index is 2.74. The van der Waals surface area contributed by atoms with E-state index in [1.165, 1.54) is 304 Å². The highest BCUT2D eigenvalue weighted by Gasteiger charge is 2.48. The van der Waals surface area contributed by atoms with E-state index in [1.54, 1.807) is 0 Å². The van der Waals surface area contributed by atoms with Crippen molar-refractivity contribution in [2.75, 3.05) is 0 Å². The van der Waals surface area contributed by atoms with Crippen LogP contribution >= 0.6 is 0 Å². The van der Waals surface area contributed by atoms with Crippen LogP contribution in [0.2, 0.25) is 0 Å². The van der Waals surface area contributed by atoms with Crippen molar-refractivity contribution >= 4 is 156 Å². The molecule has 0 bridgehead atoms. The van der Waals surface area contributed by atoms with Gasteiger partial charge in [-0.25, -0.2) is 0 Å². The number of fused-ring (bicyclic) bond motifs is 21. The zero-order valence-electron chi connectivity index (χ0n) is 81.5. The van der Waals surface area contributed by atoms with Gasteiger partial charge in [0.25, 0.3) is 13.4 Å². The minimum absolute atomic E-state index is 0.0286. The smallest absolute Gasteiger partial charge is 0.253 e. The molecule has 9 heterocycles. The van der Waals surface area contributed by atoms with Crippen LogP contribution < -0.4 is 32.8 Å². The lowest BCUT2D eigenvalue weighted by atomic mass is 9.33. The Morgan fingerprint density at radius 3 is 1.32 bits per heavy atom. The van der Waals surface area contributed by atoms with Crippen molar-refractivity contribution < 1.29 is 0 Å². The van der Waals surface area contributed by atoms with E-state index >= 15 is 0 Å². The molecule has 23 aromatic rings. The fourth-order valence-electron chi connectivity index (χ4n) is 27.3. The van der Waals surface area contributed by atoms with Crippen molar-refractivity contribution in [3.8, 4) is 107 Å². The second-order valence-electron chi connectivity index (χ2n) is 43.5. The molecule has 29 rings (SSSR count). The molecule has 18 aromatic carbocycles. The van der Waals surface area contributed by atoms with E-state index in [9.17, 15) is 0 Å². The molecule has 5 aromatic heterocycles. The normalized spacial score (nSPS) is 14.5. The predicted molar refractivity (Wildman–Crippen MR) is 602 cm³/mol. The van der Waals surface area contributed by atoms with Crippen molar-refractivity contribution in [3.05, 3.63) is 425 Å². The summed E-state index contributed by atoms with van der Waals surface area (Å²) < 4.78 is 13.5. The number of aromatic nitrogens is 5. The first-order valence-corrected chi connectivity index (χ1v) is 50.8. The summed E-state index contributed by atoms with van der Waals surface area (Å²) in [6, 6.07) is 137. The van der Waals surface area contributed by atoms with Gasteiger partial charge in [0.2, 0.25) is 0 Å². The summed E-state index contributed by atoms with van der Waals surface area (Å²) in [5, 5.41) is 14.1. The van der Waals surface area contributed by atoms with Gasteiger partial charge in [-0.15, -0.1) is 0 Å². The summed E-state index contributed by atoms with van der Waals surface area (Å²) in [4.78, 5) is 0. The first-order valence-electron chi connectivity index (χ1n) is 50.8. The lowest BCUT2D eigenvalue weighted by Crippen LogP contribution is -2.59. The molecular formula is C134H103B2N5. The first kappa shape index (κ1) is 82.2. The van der Waals surface area contributed by atoms with E-state index in [2.05, 4.69) is 469 Å². The molecule has 0 spiro atoms. The standard InChI is InChI=1S/C134H103B2N5/c1-77-61-78(2)118(79(3)62-77)92-53-57-112-101(68-92)104-69-95(70-108-129(104)138(112)114-71-93(84-33-17-12-18-34-84)74-117-126(114)136(108)124-99-46-30-28-44-91(99)66-105-120(86-37-21-14-22-38-86)127(141(117)131(105)124)88-39-23-15-24-40-88)119-80(4)63-83(64-81(119)5)65-82-49-51-87(52-50-82)121-106-67-90-43-27-29-45-98(90)123-130(106)140(128(121)89-41-25-16-26-42-89)116-73-94(85-35-19-13-20-36-85)72-115-125(116)135(123)107-56-60-113(122-100-47-31-32-48-109(100)139(115)132(107)122)137-110-58-54-96(133(6,7)8)75-102(110)103-76-97(134(9,10)11)55-59-111(103)137/h12-30,32-46,48-63,66-76,83H,31,47,64-65H2,1-11H3. The molecule has 0 fully saturated rings. The molecule has 7 heteroatoms. The fourth-order valence-corrected chi connectivity index (χ4v) is 27.3. The van der Waals surface area contributed by atoms with Gasteiger partial charge in [0, 0.05) is 82.8 Å². The van der Waals surface area contributed by atoms with E-state index in [-0.39, 0.29) is 30.2 Å². The molecule has 6 aliphatic rings. The molecule has 1 atom stereocenters. The summed E-state index contributed by atoms with van der Waals surface area (Å²) in [6.07, 6.45) is 11.3. The molecule has 5 nitrogen and oxygen atoms in total. The third-order valence-electron chi connectivity index (χ3n) is 33.0. The van der Waals surface area contributed by atoms with Crippen molar-refractivity contribution in [2.45, 2.75) is 113 Å². The molecule has 0 saturated heterocycles. The number of benzene rings is 18. The van der Waals surface area contributed by atoms with Gasteiger partial charge in [-0.2, -0.15) is 0 Å². The third-order valence-corrected chi connectivity index (χ3v) is 33.0. The lowest BCUT2D eigenvalue weighted by molar-refractivity contribution is 0.590. The number of aryl methyl sites for hydroxylation is 4. The topological polar surface area (TPSA) is 24.6 Å². The Kier molecular flexibility index (Phi) is 17.5. The zero-order chi connectivity index (χ0) is 94.3. The minimum Gasteiger partial charge on any atom is -0.310 e. The monoisotopic (exact) mass is 1800 g/mol. The first-order chi connectivity index (χ1) is 68.8. The van der Waals surface area contributed by atoms with Gasteiger partial charge in [0.15, 0.2) is 0 Å². The highest BCUT2D eigenvalue weighted by molar-refractivity contribution is 7.02. The van der Waals surface area contributed by atoms with Crippen LogP contribution in [0.1, 0.15) is 118 Å². The van der Waals surface area contributed by atoms with E-state index in [1.807, 2.05) is 0 Å². The Morgan fingerprint density at radius 1 is 0.319 bits per heavy atom. The van der Waals surface area contributed by atoms with Gasteiger partial charge >= 0.3 is 0 Å². The second-order valence-corrected chi connectivity index (χ2v) is 43.5. The molecule has 0 N–H and O–H groups in total. The average Bonchev–Trinajstić information content (AvgIpc) is 1.52. The van der Waals surface area contributed by atoms with Gasteiger partial charge < -0.3 is 22.8 Å². The van der Waals surface area contributed by atoms with E-state index < -0.39 is 0 Å². The number of hydrogen-bond acceptors (Lipinski definition) is 0. The van der Waals surface area contributed by atoms with Crippen molar-refractivity contribution in [1.82, 2.24) is 22.8 Å². The van der Waals surface area contributed by atoms with Crippen molar-refractivity contribution in [2.24, 2.45) is 5.92 Å². The van der Waals surface area contributed by atoms with Crippen molar-refractivity contribution in [3.63, 3.8) is 0 Å². The molecule has 1 unspecified atom stereocenters. The molecule has 0 amide bonds. The molecule has 670 valence electrons. The molecule has 2 aliphatic carbocycles. The Morgan fingerprint density at radius 2 is 0.780 bits per heavy atom. The molecule has 4 aliphatic heterocycles. The van der Waals surface area contributed by atoms with Gasteiger partial charge in [-0.05, 0) is 328 Å². The van der Waals surface area contributed by atoms with Crippen LogP contribution in [0.15, 0.2) is 375 Å². The average molecular weight is 1800 g/mol. The number of hydrogen-bond donors (Lipinski definition) is 0. The SMILES string of the molecule is CC1=CC(Cc2ccc(-c3c(-c4ccccc4)n4c5c(c6ccccc6cc35)B3c5c-4cc(-c4ccccc4)cc5-n4c5c(c6c(-n7c8ccc(C(C)(C)C)cc8c8cc(C(C)(C)C)ccc87)ccc3c64)CCC=C5)cc2)CC(C)=C1c1cc2c3c(c1)c1cc(-c4c(C)cc(C)cc4C)ccc1n3-c1cc(-c3ccccc3)cc3c1B2c1c2ccccc2cc2c(-c4ccccc4)c(-c4ccccc4)n-3c12. The van der Waals surface area contributed by atoms with Crippen LogP contribution in [0.3, 0.4) is 0 Å². The number of rotatable bonds is 11. The maximum absolute atomic E-state index is 2.74. The Hall–Kier alpha value is -16.0. The second kappa shape index (κ2) is 30.0. The van der Waals surface area contributed by atoms with E-state index in [0.29, 0.717) is 0 Å². The largest absolute Gasteiger partial charge is 0.310 e. The van der Waals surface area contributed by atoms with Gasteiger partial charge in [-0.3, -0.25) is 0 Å². The lowest BCUT2D eigenvalue weighted by Gasteiger charge is -2.36. The predicted octanol–water partition coefficient (Wildman–Crippen LogP) is 30.4.